The third-order valence-electron chi connectivity index (χ3n) is 3.98. The van der Waals surface area contributed by atoms with Crippen LogP contribution in [0.4, 0.5) is 0 Å². The molecule has 0 bridgehead atoms. The minimum atomic E-state index is -0.327. The van der Waals surface area contributed by atoms with Crippen molar-refractivity contribution in [2.24, 2.45) is 0 Å². The molecule has 0 aliphatic carbocycles. The van der Waals surface area contributed by atoms with Crippen molar-refractivity contribution in [3.63, 3.8) is 0 Å². The van der Waals surface area contributed by atoms with Gasteiger partial charge in [0.25, 0.3) is 5.91 Å². The maximum Gasteiger partial charge on any atom is 0.272 e. The number of carbonyl (C=O) groups is 2. The van der Waals surface area contributed by atoms with Gasteiger partial charge < -0.3 is 14.3 Å². The molecule has 3 heterocycles. The molecule has 3 rings (SSSR count). The molecule has 0 spiro atoms. The minimum Gasteiger partial charge on any atom is -0.337 e. The summed E-state index contributed by atoms with van der Waals surface area (Å²) in [6.07, 6.45) is 3.40. The van der Waals surface area contributed by atoms with Gasteiger partial charge in [0.15, 0.2) is 5.82 Å². The average molecular weight is 330 g/mol. The first kappa shape index (κ1) is 16.0. The first-order valence-corrected chi connectivity index (χ1v) is 7.69. The summed E-state index contributed by atoms with van der Waals surface area (Å²) in [5.41, 5.74) is 0.339. The maximum absolute atomic E-state index is 12.6. The Balaban J connectivity index is 1.80. The van der Waals surface area contributed by atoms with E-state index >= 15 is 0 Å². The molecule has 0 radical (unpaired) electrons. The summed E-state index contributed by atoms with van der Waals surface area (Å²) in [4.78, 5) is 40.0. The van der Waals surface area contributed by atoms with Crippen molar-refractivity contribution in [1.82, 2.24) is 29.9 Å². The summed E-state index contributed by atoms with van der Waals surface area (Å²) in [7, 11) is 0. The SMILES string of the molecule is CC(=O)N1CCN(C(=O)c2ccncn2)CCC1c1nc(C)no1. The predicted molar refractivity (Wildman–Crippen MR) is 81.7 cm³/mol. The number of aryl methyl sites for hydroxylation is 1. The van der Waals surface area contributed by atoms with Gasteiger partial charge in [0.2, 0.25) is 11.8 Å². The molecule has 2 amide bonds. The van der Waals surface area contributed by atoms with Gasteiger partial charge in [-0.2, -0.15) is 4.98 Å². The van der Waals surface area contributed by atoms with E-state index in [1.165, 1.54) is 19.4 Å². The lowest BCUT2D eigenvalue weighted by molar-refractivity contribution is -0.131. The average Bonchev–Trinajstić information content (AvgIpc) is 2.89. The molecule has 2 aromatic heterocycles. The van der Waals surface area contributed by atoms with Crippen LogP contribution in [0.25, 0.3) is 0 Å². The molecule has 9 nitrogen and oxygen atoms in total. The number of hydrogen-bond acceptors (Lipinski definition) is 7. The fraction of sp³-hybridized carbons (Fsp3) is 0.467. The van der Waals surface area contributed by atoms with Gasteiger partial charge in [0.05, 0.1) is 0 Å². The van der Waals surface area contributed by atoms with Gasteiger partial charge in [-0.25, -0.2) is 9.97 Å². The molecule has 1 aliphatic rings. The van der Waals surface area contributed by atoms with E-state index in [0.717, 1.165) is 0 Å². The summed E-state index contributed by atoms with van der Waals surface area (Å²) < 4.78 is 5.24. The molecule has 0 saturated carbocycles. The van der Waals surface area contributed by atoms with Crippen molar-refractivity contribution >= 4 is 11.8 Å². The van der Waals surface area contributed by atoms with E-state index in [-0.39, 0.29) is 17.9 Å². The Hall–Kier alpha value is -2.84. The van der Waals surface area contributed by atoms with E-state index in [1.807, 2.05) is 0 Å². The molecule has 126 valence electrons. The monoisotopic (exact) mass is 330 g/mol. The Labute approximate surface area is 138 Å². The van der Waals surface area contributed by atoms with E-state index in [2.05, 4.69) is 20.1 Å². The lowest BCUT2D eigenvalue weighted by atomic mass is 10.1. The predicted octanol–water partition coefficient (Wildman–Crippen LogP) is 0.604. The highest BCUT2D eigenvalue weighted by Gasteiger charge is 2.32. The minimum absolute atomic E-state index is 0.0906. The van der Waals surface area contributed by atoms with Crippen molar-refractivity contribution in [3.8, 4) is 0 Å². The topological polar surface area (TPSA) is 105 Å². The zero-order valence-electron chi connectivity index (χ0n) is 13.5. The van der Waals surface area contributed by atoms with Gasteiger partial charge in [0.1, 0.15) is 18.1 Å². The van der Waals surface area contributed by atoms with Gasteiger partial charge in [-0.05, 0) is 19.4 Å². The molecule has 1 saturated heterocycles. The highest BCUT2D eigenvalue weighted by atomic mass is 16.5. The zero-order chi connectivity index (χ0) is 17.1. The molecular formula is C15H18N6O3. The molecule has 0 N–H and O–H groups in total. The molecule has 1 fully saturated rings. The molecule has 1 unspecified atom stereocenters. The maximum atomic E-state index is 12.6. The number of carbonyl (C=O) groups excluding carboxylic acids is 2. The van der Waals surface area contributed by atoms with Gasteiger partial charge in [0, 0.05) is 32.8 Å². The van der Waals surface area contributed by atoms with Crippen LogP contribution in [0.5, 0.6) is 0 Å². The van der Waals surface area contributed by atoms with Gasteiger partial charge in [-0.15, -0.1) is 0 Å². The molecule has 1 aliphatic heterocycles. The highest BCUT2D eigenvalue weighted by molar-refractivity contribution is 5.92. The van der Waals surface area contributed by atoms with Crippen LogP contribution in [0.3, 0.4) is 0 Å². The van der Waals surface area contributed by atoms with Crippen LogP contribution in [-0.2, 0) is 4.79 Å². The first-order valence-electron chi connectivity index (χ1n) is 7.69. The van der Waals surface area contributed by atoms with Crippen LogP contribution >= 0.6 is 0 Å². The Morgan fingerprint density at radius 3 is 2.75 bits per heavy atom. The summed E-state index contributed by atoms with van der Waals surface area (Å²) >= 11 is 0. The summed E-state index contributed by atoms with van der Waals surface area (Å²) in [6.45, 7) is 4.52. The van der Waals surface area contributed by atoms with Crippen LogP contribution in [0.1, 0.15) is 41.6 Å². The molecule has 24 heavy (non-hydrogen) atoms. The molecule has 0 aromatic carbocycles. The Kier molecular flexibility index (Phi) is 4.50. The molecule has 9 heteroatoms. The standard InChI is InChI=1S/C15H18N6O3/c1-10-18-14(24-19-10)13-4-6-20(7-8-21(13)11(2)22)15(23)12-3-5-16-9-17-12/h3,5,9,13H,4,6-8H2,1-2H3. The normalized spacial score (nSPS) is 18.3. The molecular weight excluding hydrogens is 312 g/mol. The van der Waals surface area contributed by atoms with Crippen LogP contribution in [0.2, 0.25) is 0 Å². The van der Waals surface area contributed by atoms with Crippen molar-refractivity contribution in [2.75, 3.05) is 19.6 Å². The van der Waals surface area contributed by atoms with Gasteiger partial charge >= 0.3 is 0 Å². The van der Waals surface area contributed by atoms with Crippen LogP contribution in [0.15, 0.2) is 23.1 Å². The second-order valence-electron chi connectivity index (χ2n) is 5.58. The molecule has 2 aromatic rings. The van der Waals surface area contributed by atoms with E-state index in [9.17, 15) is 9.59 Å². The number of rotatable bonds is 2. The second-order valence-corrected chi connectivity index (χ2v) is 5.58. The van der Waals surface area contributed by atoms with E-state index in [1.54, 1.807) is 22.8 Å². The lowest BCUT2D eigenvalue weighted by Crippen LogP contribution is -2.37. The Morgan fingerprint density at radius 1 is 1.29 bits per heavy atom. The highest BCUT2D eigenvalue weighted by Crippen LogP contribution is 2.26. The van der Waals surface area contributed by atoms with Crippen molar-refractivity contribution in [2.45, 2.75) is 26.3 Å². The van der Waals surface area contributed by atoms with Crippen molar-refractivity contribution in [1.29, 1.82) is 0 Å². The van der Waals surface area contributed by atoms with Crippen molar-refractivity contribution < 1.29 is 14.1 Å². The van der Waals surface area contributed by atoms with E-state index < -0.39 is 0 Å². The number of hydrogen-bond donors (Lipinski definition) is 0. The quantitative estimate of drug-likeness (QED) is 0.794. The smallest absolute Gasteiger partial charge is 0.272 e. The summed E-state index contributed by atoms with van der Waals surface area (Å²) in [6, 6.07) is 1.25. The second kappa shape index (κ2) is 6.73. The fourth-order valence-corrected chi connectivity index (χ4v) is 2.79. The van der Waals surface area contributed by atoms with Crippen molar-refractivity contribution in [3.05, 3.63) is 36.0 Å². The molecule has 1 atom stereocenters. The van der Waals surface area contributed by atoms with Gasteiger partial charge in [-0.1, -0.05) is 5.16 Å². The third kappa shape index (κ3) is 3.24. The Morgan fingerprint density at radius 2 is 2.12 bits per heavy atom. The van der Waals surface area contributed by atoms with Crippen LogP contribution in [0, 0.1) is 6.92 Å². The van der Waals surface area contributed by atoms with E-state index in [0.29, 0.717) is 43.5 Å². The third-order valence-corrected chi connectivity index (χ3v) is 3.98. The van der Waals surface area contributed by atoms with Crippen LogP contribution in [-0.4, -0.2) is 61.4 Å². The first-order chi connectivity index (χ1) is 11.6. The van der Waals surface area contributed by atoms with E-state index in [4.69, 9.17) is 4.52 Å². The number of amides is 2. The number of aromatic nitrogens is 4. The largest absolute Gasteiger partial charge is 0.337 e. The number of nitrogens with zero attached hydrogens (tertiary/aromatic N) is 6. The zero-order valence-corrected chi connectivity index (χ0v) is 13.5. The fourth-order valence-electron chi connectivity index (χ4n) is 2.79. The lowest BCUT2D eigenvalue weighted by Gasteiger charge is -2.25. The summed E-state index contributed by atoms with van der Waals surface area (Å²) in [5.74, 6) is 0.654. The summed E-state index contributed by atoms with van der Waals surface area (Å²) in [5, 5.41) is 3.80. The van der Waals surface area contributed by atoms with Gasteiger partial charge in [-0.3, -0.25) is 9.59 Å². The van der Waals surface area contributed by atoms with Crippen LogP contribution < -0.4 is 0 Å². The Bertz CT molecular complexity index is 732.